The molecule has 1 N–H and O–H groups in total. The molecule has 1 fully saturated rings. The van der Waals surface area contributed by atoms with Crippen molar-refractivity contribution in [2.75, 3.05) is 13.7 Å². The number of hydrogen-bond donors (Lipinski definition) is 1. The predicted molar refractivity (Wildman–Crippen MR) is 125 cm³/mol. The monoisotopic (exact) mass is 438 g/mol. The molecule has 2 aromatic rings. The second kappa shape index (κ2) is 11.6. The number of amides is 2. The normalized spacial score (nSPS) is 15.0. The van der Waals surface area contributed by atoms with E-state index >= 15 is 0 Å². The van der Waals surface area contributed by atoms with Crippen molar-refractivity contribution < 1.29 is 19.1 Å². The molecule has 1 saturated carbocycles. The minimum absolute atomic E-state index is 0.108. The van der Waals surface area contributed by atoms with Crippen molar-refractivity contribution in [3.05, 3.63) is 59.7 Å². The summed E-state index contributed by atoms with van der Waals surface area (Å²) in [5.41, 5.74) is 2.10. The average Bonchev–Trinajstić information content (AvgIpc) is 2.82. The van der Waals surface area contributed by atoms with Crippen molar-refractivity contribution in [1.29, 1.82) is 0 Å². The first-order valence-corrected chi connectivity index (χ1v) is 11.4. The van der Waals surface area contributed by atoms with E-state index in [-0.39, 0.29) is 24.5 Å². The lowest BCUT2D eigenvalue weighted by atomic mass is 9.95. The van der Waals surface area contributed by atoms with Crippen molar-refractivity contribution in [2.24, 2.45) is 0 Å². The Labute approximate surface area is 190 Å². The number of carbonyl (C=O) groups is 2. The van der Waals surface area contributed by atoms with Crippen molar-refractivity contribution >= 4 is 11.8 Å². The van der Waals surface area contributed by atoms with Crippen molar-refractivity contribution in [2.45, 2.75) is 64.6 Å². The lowest BCUT2D eigenvalue weighted by molar-refractivity contribution is -0.142. The molecule has 2 aromatic carbocycles. The van der Waals surface area contributed by atoms with Crippen LogP contribution in [0.4, 0.5) is 0 Å². The standard InChI is InChI=1S/C26H34N2O4/c1-19-9-7-8-10-21(19)17-28(20(2)26(30)27-22-11-5-4-6-12-22)25(29)18-32-24-15-13-23(31-3)14-16-24/h7-10,13-16,20,22H,4-6,11-12,17-18H2,1-3H3,(H,27,30). The molecule has 0 heterocycles. The third kappa shape index (κ3) is 6.49. The molecular formula is C26H34N2O4. The van der Waals surface area contributed by atoms with Crippen LogP contribution in [0.3, 0.4) is 0 Å². The minimum Gasteiger partial charge on any atom is -0.497 e. The topological polar surface area (TPSA) is 67.9 Å². The molecule has 0 radical (unpaired) electrons. The van der Waals surface area contributed by atoms with E-state index in [2.05, 4.69) is 5.32 Å². The van der Waals surface area contributed by atoms with Gasteiger partial charge < -0.3 is 19.7 Å². The maximum absolute atomic E-state index is 13.2. The van der Waals surface area contributed by atoms with E-state index in [9.17, 15) is 9.59 Å². The molecule has 2 amide bonds. The fraction of sp³-hybridized carbons (Fsp3) is 0.462. The summed E-state index contributed by atoms with van der Waals surface area (Å²) in [5, 5.41) is 3.15. The van der Waals surface area contributed by atoms with Crippen molar-refractivity contribution in [3.8, 4) is 11.5 Å². The van der Waals surface area contributed by atoms with Gasteiger partial charge >= 0.3 is 0 Å². The molecule has 0 aromatic heterocycles. The number of aryl methyl sites for hydroxylation is 1. The number of hydrogen-bond acceptors (Lipinski definition) is 4. The first-order valence-electron chi connectivity index (χ1n) is 11.4. The molecule has 1 unspecified atom stereocenters. The van der Waals surface area contributed by atoms with Crippen LogP contribution in [-0.4, -0.2) is 42.5 Å². The first-order chi connectivity index (χ1) is 15.5. The zero-order chi connectivity index (χ0) is 22.9. The second-order valence-electron chi connectivity index (χ2n) is 8.43. The van der Waals surface area contributed by atoms with Gasteiger partial charge in [-0.2, -0.15) is 0 Å². The molecule has 6 nitrogen and oxygen atoms in total. The van der Waals surface area contributed by atoms with E-state index in [0.29, 0.717) is 12.3 Å². The van der Waals surface area contributed by atoms with Crippen LogP contribution in [0.1, 0.15) is 50.2 Å². The van der Waals surface area contributed by atoms with E-state index in [4.69, 9.17) is 9.47 Å². The first kappa shape index (κ1) is 23.6. The molecule has 1 atom stereocenters. The van der Waals surface area contributed by atoms with E-state index in [1.807, 2.05) is 31.2 Å². The van der Waals surface area contributed by atoms with Crippen LogP contribution >= 0.6 is 0 Å². The third-order valence-electron chi connectivity index (χ3n) is 6.14. The lowest BCUT2D eigenvalue weighted by Crippen LogP contribution is -2.51. The fourth-order valence-corrected chi connectivity index (χ4v) is 4.02. The zero-order valence-electron chi connectivity index (χ0n) is 19.3. The summed E-state index contributed by atoms with van der Waals surface area (Å²) in [6.45, 7) is 4.02. The summed E-state index contributed by atoms with van der Waals surface area (Å²) < 4.78 is 10.9. The molecule has 172 valence electrons. The van der Waals surface area contributed by atoms with Crippen LogP contribution in [-0.2, 0) is 16.1 Å². The number of carbonyl (C=O) groups excluding carboxylic acids is 2. The van der Waals surface area contributed by atoms with Crippen LogP contribution in [0.25, 0.3) is 0 Å². The van der Waals surface area contributed by atoms with E-state index in [0.717, 1.165) is 42.6 Å². The molecular weight excluding hydrogens is 404 g/mol. The maximum Gasteiger partial charge on any atom is 0.261 e. The summed E-state index contributed by atoms with van der Waals surface area (Å²) >= 11 is 0. The van der Waals surface area contributed by atoms with Gasteiger partial charge in [-0.05, 0) is 62.1 Å². The Kier molecular flexibility index (Phi) is 8.54. The van der Waals surface area contributed by atoms with Crippen molar-refractivity contribution in [1.82, 2.24) is 10.2 Å². The largest absolute Gasteiger partial charge is 0.497 e. The summed E-state index contributed by atoms with van der Waals surface area (Å²) in [6, 6.07) is 14.6. The minimum atomic E-state index is -0.594. The summed E-state index contributed by atoms with van der Waals surface area (Å²) in [4.78, 5) is 27.8. The van der Waals surface area contributed by atoms with Gasteiger partial charge in [-0.1, -0.05) is 43.5 Å². The highest BCUT2D eigenvalue weighted by Crippen LogP contribution is 2.20. The molecule has 32 heavy (non-hydrogen) atoms. The molecule has 1 aliphatic carbocycles. The number of nitrogens with one attached hydrogen (secondary N) is 1. The Balaban J connectivity index is 1.70. The number of rotatable bonds is 9. The molecule has 6 heteroatoms. The Morgan fingerprint density at radius 3 is 2.34 bits per heavy atom. The maximum atomic E-state index is 13.2. The smallest absolute Gasteiger partial charge is 0.261 e. The Morgan fingerprint density at radius 2 is 1.69 bits per heavy atom. The zero-order valence-corrected chi connectivity index (χ0v) is 19.3. The van der Waals surface area contributed by atoms with Crippen LogP contribution < -0.4 is 14.8 Å². The fourth-order valence-electron chi connectivity index (χ4n) is 4.02. The molecule has 0 bridgehead atoms. The highest BCUT2D eigenvalue weighted by Gasteiger charge is 2.28. The number of ether oxygens (including phenoxy) is 2. The Morgan fingerprint density at radius 1 is 1.03 bits per heavy atom. The van der Waals surface area contributed by atoms with Crippen LogP contribution in [0.15, 0.2) is 48.5 Å². The van der Waals surface area contributed by atoms with E-state index in [1.54, 1.807) is 43.2 Å². The molecule has 3 rings (SSSR count). The van der Waals surface area contributed by atoms with Crippen LogP contribution in [0, 0.1) is 6.92 Å². The quantitative estimate of drug-likeness (QED) is 0.636. The van der Waals surface area contributed by atoms with Gasteiger partial charge in [-0.15, -0.1) is 0 Å². The molecule has 1 aliphatic rings. The predicted octanol–water partition coefficient (Wildman–Crippen LogP) is 4.25. The third-order valence-corrected chi connectivity index (χ3v) is 6.14. The molecule has 0 saturated heterocycles. The highest BCUT2D eigenvalue weighted by molar-refractivity contribution is 5.88. The van der Waals surface area contributed by atoms with Gasteiger partial charge in [0.25, 0.3) is 5.91 Å². The van der Waals surface area contributed by atoms with Crippen LogP contribution in [0.5, 0.6) is 11.5 Å². The Bertz CT molecular complexity index is 891. The SMILES string of the molecule is COc1ccc(OCC(=O)N(Cc2ccccc2C)C(C)C(=O)NC2CCCCC2)cc1. The number of benzene rings is 2. The second-order valence-corrected chi connectivity index (χ2v) is 8.43. The van der Waals surface area contributed by atoms with Gasteiger partial charge in [0.1, 0.15) is 17.5 Å². The lowest BCUT2D eigenvalue weighted by Gasteiger charge is -2.31. The van der Waals surface area contributed by atoms with Crippen molar-refractivity contribution in [3.63, 3.8) is 0 Å². The van der Waals surface area contributed by atoms with E-state index < -0.39 is 6.04 Å². The summed E-state index contributed by atoms with van der Waals surface area (Å²) in [6.07, 6.45) is 5.51. The Hall–Kier alpha value is -3.02. The van der Waals surface area contributed by atoms with Gasteiger partial charge in [0.2, 0.25) is 5.91 Å². The molecule has 0 spiro atoms. The summed E-state index contributed by atoms with van der Waals surface area (Å²) in [7, 11) is 1.60. The average molecular weight is 439 g/mol. The van der Waals surface area contributed by atoms with Gasteiger partial charge in [0.05, 0.1) is 7.11 Å². The van der Waals surface area contributed by atoms with Crippen LogP contribution in [0.2, 0.25) is 0 Å². The molecule has 0 aliphatic heterocycles. The van der Waals surface area contributed by atoms with Gasteiger partial charge in [0, 0.05) is 12.6 Å². The summed E-state index contributed by atoms with van der Waals surface area (Å²) in [5.74, 6) is 0.964. The highest BCUT2D eigenvalue weighted by atomic mass is 16.5. The van der Waals surface area contributed by atoms with Gasteiger partial charge in [-0.3, -0.25) is 9.59 Å². The van der Waals surface area contributed by atoms with Gasteiger partial charge in [0.15, 0.2) is 6.61 Å². The number of methoxy groups -OCH3 is 1. The van der Waals surface area contributed by atoms with Gasteiger partial charge in [-0.25, -0.2) is 0 Å². The van der Waals surface area contributed by atoms with E-state index in [1.165, 1.54) is 6.42 Å². The number of nitrogens with zero attached hydrogens (tertiary/aromatic N) is 1.